The van der Waals surface area contributed by atoms with Crippen molar-refractivity contribution in [1.29, 1.82) is 0 Å². The number of esters is 1. The number of hydrogen-bond donors (Lipinski definition) is 0. The number of anilines is 1. The molecule has 1 amide bonds. The molecule has 186 valence electrons. The minimum Gasteiger partial charge on any atom is -0.462 e. The fraction of sp³-hybridized carbons (Fsp3) is 0.250. The molecule has 0 spiro atoms. The van der Waals surface area contributed by atoms with Crippen LogP contribution in [0.3, 0.4) is 0 Å². The van der Waals surface area contributed by atoms with Gasteiger partial charge >= 0.3 is 5.97 Å². The minimum absolute atomic E-state index is 0.0854. The first kappa shape index (κ1) is 25.3. The second-order valence-electron chi connectivity index (χ2n) is 8.71. The summed E-state index contributed by atoms with van der Waals surface area (Å²) in [5.74, 6) is -0.430. The Balaban J connectivity index is 1.63. The zero-order valence-corrected chi connectivity index (χ0v) is 22.2. The molecule has 0 radical (unpaired) electrons. The quantitative estimate of drug-likeness (QED) is 0.326. The largest absolute Gasteiger partial charge is 0.462 e. The van der Waals surface area contributed by atoms with Gasteiger partial charge in [0.15, 0.2) is 5.17 Å². The van der Waals surface area contributed by atoms with Gasteiger partial charge in [-0.2, -0.15) is 0 Å². The summed E-state index contributed by atoms with van der Waals surface area (Å²) in [5, 5.41) is 0.639. The summed E-state index contributed by atoms with van der Waals surface area (Å²) in [6.45, 7) is 6.13. The lowest BCUT2D eigenvalue weighted by Gasteiger charge is -2.12. The second kappa shape index (κ2) is 10.5. The highest BCUT2D eigenvalue weighted by molar-refractivity contribution is 8.18. The molecule has 1 fully saturated rings. The van der Waals surface area contributed by atoms with Crippen LogP contribution in [0.4, 0.5) is 11.4 Å². The van der Waals surface area contributed by atoms with Crippen molar-refractivity contribution in [2.24, 2.45) is 4.99 Å². The van der Waals surface area contributed by atoms with Crippen molar-refractivity contribution in [3.8, 4) is 5.69 Å². The number of ether oxygens (including phenoxy) is 1. The van der Waals surface area contributed by atoms with Gasteiger partial charge in [-0.15, -0.1) is 0 Å². The molecule has 1 aromatic heterocycles. The molecular weight excluding hydrogens is 472 g/mol. The average molecular weight is 503 g/mol. The number of likely N-dealkylation sites (N-methyl/N-ethyl adjacent to an activating group) is 1. The zero-order chi connectivity index (χ0) is 26.0. The molecule has 0 aliphatic carbocycles. The maximum Gasteiger partial charge on any atom is 0.338 e. The van der Waals surface area contributed by atoms with Gasteiger partial charge in [-0.05, 0) is 92.7 Å². The molecule has 4 rings (SSSR count). The van der Waals surface area contributed by atoms with Crippen molar-refractivity contribution in [2.45, 2.75) is 20.8 Å². The summed E-state index contributed by atoms with van der Waals surface area (Å²) in [4.78, 5) is 34.1. The minimum atomic E-state index is -0.344. The van der Waals surface area contributed by atoms with Crippen LogP contribution in [0.5, 0.6) is 0 Å². The summed E-state index contributed by atoms with van der Waals surface area (Å²) in [7, 11) is 5.73. The van der Waals surface area contributed by atoms with Crippen molar-refractivity contribution >= 4 is 46.3 Å². The number of amidine groups is 1. The van der Waals surface area contributed by atoms with E-state index in [0.29, 0.717) is 22.2 Å². The third-order valence-corrected chi connectivity index (χ3v) is 7.03. The zero-order valence-electron chi connectivity index (χ0n) is 21.4. The van der Waals surface area contributed by atoms with Gasteiger partial charge in [-0.1, -0.05) is 6.07 Å². The molecule has 2 heterocycles. The third-order valence-electron chi connectivity index (χ3n) is 5.97. The van der Waals surface area contributed by atoms with Crippen LogP contribution in [0.1, 0.15) is 34.2 Å². The number of aliphatic imine (C=N–C) groups is 1. The van der Waals surface area contributed by atoms with Gasteiger partial charge in [0.1, 0.15) is 0 Å². The highest BCUT2D eigenvalue weighted by atomic mass is 32.2. The lowest BCUT2D eigenvalue weighted by Crippen LogP contribution is -2.23. The van der Waals surface area contributed by atoms with Crippen molar-refractivity contribution < 1.29 is 14.3 Å². The van der Waals surface area contributed by atoms with Crippen molar-refractivity contribution in [3.63, 3.8) is 0 Å². The van der Waals surface area contributed by atoms with Gasteiger partial charge in [0.2, 0.25) is 0 Å². The summed E-state index contributed by atoms with van der Waals surface area (Å²) < 4.78 is 7.22. The SMILES string of the molecule is CCOC(=O)c1cccc(-n2c(C)cc(/C=C3\SC(=Nc4ccc(N(C)C)cc4)N(C)C3=O)c2C)c1. The first-order valence-electron chi connectivity index (χ1n) is 11.7. The highest BCUT2D eigenvalue weighted by Gasteiger charge is 2.30. The predicted octanol–water partition coefficient (Wildman–Crippen LogP) is 5.57. The van der Waals surface area contributed by atoms with Gasteiger partial charge in [0, 0.05) is 43.9 Å². The number of thioether (sulfide) groups is 1. The van der Waals surface area contributed by atoms with E-state index in [1.54, 1.807) is 24.9 Å². The lowest BCUT2D eigenvalue weighted by molar-refractivity contribution is -0.121. The maximum atomic E-state index is 13.0. The molecule has 1 aliphatic heterocycles. The predicted molar refractivity (Wildman–Crippen MR) is 147 cm³/mol. The molecule has 8 heteroatoms. The Bertz CT molecular complexity index is 1370. The molecule has 0 bridgehead atoms. The number of amides is 1. The molecule has 2 aromatic carbocycles. The van der Waals surface area contributed by atoms with Crippen LogP contribution >= 0.6 is 11.8 Å². The molecule has 1 saturated heterocycles. The Hall–Kier alpha value is -3.78. The summed E-state index contributed by atoms with van der Waals surface area (Å²) in [6.07, 6.45) is 1.91. The molecule has 3 aromatic rings. The summed E-state index contributed by atoms with van der Waals surface area (Å²) in [6, 6.07) is 17.3. The lowest BCUT2D eigenvalue weighted by atomic mass is 10.2. The summed E-state index contributed by atoms with van der Waals surface area (Å²) >= 11 is 1.37. The fourth-order valence-electron chi connectivity index (χ4n) is 4.05. The topological polar surface area (TPSA) is 67.1 Å². The van der Waals surface area contributed by atoms with Crippen LogP contribution in [-0.4, -0.2) is 54.3 Å². The van der Waals surface area contributed by atoms with Gasteiger partial charge in [-0.25, -0.2) is 9.79 Å². The molecule has 36 heavy (non-hydrogen) atoms. The molecule has 7 nitrogen and oxygen atoms in total. The van der Waals surface area contributed by atoms with E-state index in [9.17, 15) is 9.59 Å². The van der Waals surface area contributed by atoms with E-state index in [0.717, 1.165) is 34.0 Å². The Morgan fingerprint density at radius 2 is 1.83 bits per heavy atom. The van der Waals surface area contributed by atoms with E-state index in [2.05, 4.69) is 4.57 Å². The van der Waals surface area contributed by atoms with E-state index in [1.807, 2.05) is 87.4 Å². The molecule has 0 saturated carbocycles. The van der Waals surface area contributed by atoms with Crippen molar-refractivity contribution in [2.75, 3.05) is 32.6 Å². The average Bonchev–Trinajstić information content (AvgIpc) is 3.28. The third kappa shape index (κ3) is 5.09. The second-order valence-corrected chi connectivity index (χ2v) is 9.72. The number of carbonyl (C=O) groups excluding carboxylic acids is 2. The Morgan fingerprint density at radius 3 is 2.50 bits per heavy atom. The van der Waals surface area contributed by atoms with Crippen LogP contribution in [0.25, 0.3) is 11.8 Å². The Labute approximate surface area is 216 Å². The van der Waals surface area contributed by atoms with Crippen LogP contribution in [-0.2, 0) is 9.53 Å². The molecule has 0 unspecified atom stereocenters. The van der Waals surface area contributed by atoms with Crippen LogP contribution < -0.4 is 4.90 Å². The molecule has 1 aliphatic rings. The molecule has 0 N–H and O–H groups in total. The number of carbonyl (C=O) groups is 2. The first-order valence-corrected chi connectivity index (χ1v) is 12.5. The number of aryl methyl sites for hydroxylation is 1. The normalized spacial score (nSPS) is 15.7. The molecule has 0 atom stereocenters. The maximum absolute atomic E-state index is 13.0. The van der Waals surface area contributed by atoms with Crippen molar-refractivity contribution in [1.82, 2.24) is 9.47 Å². The number of benzene rings is 2. The van der Waals surface area contributed by atoms with Crippen molar-refractivity contribution in [3.05, 3.63) is 82.0 Å². The van der Waals surface area contributed by atoms with Gasteiger partial charge in [-0.3, -0.25) is 9.69 Å². The van der Waals surface area contributed by atoms with Crippen LogP contribution in [0.2, 0.25) is 0 Å². The molecular formula is C28H30N4O3S. The standard InChI is InChI=1S/C28H30N4O3S/c1-7-35-27(34)20-9-8-10-24(16-20)32-18(2)15-21(19(32)3)17-25-26(33)31(6)28(36-25)29-22-11-13-23(14-12-22)30(4)5/h8-17H,7H2,1-6H3/b25-17-,29-28?. The van der Waals surface area contributed by atoms with Gasteiger partial charge < -0.3 is 14.2 Å². The van der Waals surface area contributed by atoms with E-state index in [1.165, 1.54) is 11.8 Å². The number of nitrogens with zero attached hydrogens (tertiary/aromatic N) is 4. The number of aromatic nitrogens is 1. The van der Waals surface area contributed by atoms with E-state index in [4.69, 9.17) is 9.73 Å². The van der Waals surface area contributed by atoms with E-state index < -0.39 is 0 Å². The van der Waals surface area contributed by atoms with E-state index >= 15 is 0 Å². The monoisotopic (exact) mass is 502 g/mol. The Morgan fingerprint density at radius 1 is 1.11 bits per heavy atom. The first-order chi connectivity index (χ1) is 17.2. The van der Waals surface area contributed by atoms with Gasteiger partial charge in [0.25, 0.3) is 5.91 Å². The van der Waals surface area contributed by atoms with Crippen LogP contribution in [0, 0.1) is 13.8 Å². The van der Waals surface area contributed by atoms with Gasteiger partial charge in [0.05, 0.1) is 22.8 Å². The summed E-state index contributed by atoms with van der Waals surface area (Å²) in [5.41, 5.74) is 6.17. The van der Waals surface area contributed by atoms with Crippen LogP contribution in [0.15, 0.2) is 64.5 Å². The number of hydrogen-bond acceptors (Lipinski definition) is 6. The Kier molecular flexibility index (Phi) is 7.35. The van der Waals surface area contributed by atoms with E-state index in [-0.39, 0.29) is 11.9 Å². The number of rotatable bonds is 6. The fourth-order valence-corrected chi connectivity index (χ4v) is 5.02. The highest BCUT2D eigenvalue weighted by Crippen LogP contribution is 2.35. The smallest absolute Gasteiger partial charge is 0.338 e.